The third-order valence-corrected chi connectivity index (χ3v) is 3.03. The Morgan fingerprint density at radius 3 is 2.62 bits per heavy atom. The summed E-state index contributed by atoms with van der Waals surface area (Å²) in [6, 6.07) is 7.72. The Bertz CT molecular complexity index is 578. The topological polar surface area (TPSA) is 77.2 Å². The number of nitrogens with one attached hydrogen (secondary N) is 1. The maximum Gasteiger partial charge on any atom is 0.220 e. The van der Waals surface area contributed by atoms with E-state index in [0.717, 1.165) is 11.3 Å². The van der Waals surface area contributed by atoms with Crippen LogP contribution in [0.2, 0.25) is 0 Å². The maximum atomic E-state index is 11.7. The lowest BCUT2D eigenvalue weighted by atomic mass is 10.1. The van der Waals surface area contributed by atoms with E-state index in [0.29, 0.717) is 37.6 Å². The van der Waals surface area contributed by atoms with Crippen LogP contribution in [0.25, 0.3) is 0 Å². The fourth-order valence-corrected chi connectivity index (χ4v) is 1.89. The molecule has 0 aliphatic carbocycles. The summed E-state index contributed by atoms with van der Waals surface area (Å²) in [5.74, 6) is 1.92. The van der Waals surface area contributed by atoms with Crippen LogP contribution in [0.15, 0.2) is 28.7 Å². The molecule has 1 aromatic heterocycles. The van der Waals surface area contributed by atoms with E-state index in [2.05, 4.69) is 15.5 Å². The van der Waals surface area contributed by atoms with Gasteiger partial charge >= 0.3 is 0 Å². The molecular formula is C15H19N3O3. The Kier molecular flexibility index (Phi) is 5.31. The van der Waals surface area contributed by atoms with Gasteiger partial charge in [0, 0.05) is 26.3 Å². The molecule has 2 aromatic rings. The van der Waals surface area contributed by atoms with Gasteiger partial charge in [0.2, 0.25) is 17.7 Å². The van der Waals surface area contributed by atoms with E-state index < -0.39 is 0 Å². The lowest BCUT2D eigenvalue weighted by Crippen LogP contribution is -2.25. The van der Waals surface area contributed by atoms with Gasteiger partial charge in [0.15, 0.2) is 0 Å². The molecule has 0 spiro atoms. The first kappa shape index (κ1) is 15.0. The van der Waals surface area contributed by atoms with E-state index in [1.807, 2.05) is 24.3 Å². The van der Waals surface area contributed by atoms with Crippen molar-refractivity contribution in [1.82, 2.24) is 15.5 Å². The van der Waals surface area contributed by atoms with Crippen molar-refractivity contribution in [3.05, 3.63) is 41.6 Å². The predicted octanol–water partition coefficient (Wildman–Crippen LogP) is 1.68. The maximum absolute atomic E-state index is 11.7. The standard InChI is InChI=1S/C15H19N3O3/c1-11-17-18-15(21-11)9-10-16-14(19)8-5-12-3-6-13(20-2)7-4-12/h3-4,6-7H,5,8-10H2,1-2H3,(H,16,19). The molecule has 0 bridgehead atoms. The van der Waals surface area contributed by atoms with Crippen LogP contribution in [0, 0.1) is 6.92 Å². The van der Waals surface area contributed by atoms with E-state index in [1.54, 1.807) is 14.0 Å². The second-order valence-corrected chi connectivity index (χ2v) is 4.66. The lowest BCUT2D eigenvalue weighted by molar-refractivity contribution is -0.121. The van der Waals surface area contributed by atoms with Gasteiger partial charge in [0.1, 0.15) is 5.75 Å². The number of aryl methyl sites for hydroxylation is 2. The summed E-state index contributed by atoms with van der Waals surface area (Å²) >= 11 is 0. The number of ether oxygens (including phenoxy) is 1. The van der Waals surface area contributed by atoms with Gasteiger partial charge in [-0.3, -0.25) is 4.79 Å². The van der Waals surface area contributed by atoms with Crippen LogP contribution in [0.5, 0.6) is 5.75 Å². The first-order valence-corrected chi connectivity index (χ1v) is 6.86. The Balaban J connectivity index is 1.67. The van der Waals surface area contributed by atoms with Crippen molar-refractivity contribution in [2.24, 2.45) is 0 Å². The van der Waals surface area contributed by atoms with Gasteiger partial charge in [0.05, 0.1) is 7.11 Å². The third-order valence-electron chi connectivity index (χ3n) is 3.03. The lowest BCUT2D eigenvalue weighted by Gasteiger charge is -2.05. The molecular weight excluding hydrogens is 270 g/mol. The molecule has 0 aliphatic rings. The Hall–Kier alpha value is -2.37. The average molecular weight is 289 g/mol. The van der Waals surface area contributed by atoms with E-state index in [1.165, 1.54) is 0 Å². The quantitative estimate of drug-likeness (QED) is 0.839. The number of nitrogens with zero attached hydrogens (tertiary/aromatic N) is 2. The largest absolute Gasteiger partial charge is 0.497 e. The van der Waals surface area contributed by atoms with Gasteiger partial charge in [-0.15, -0.1) is 10.2 Å². The van der Waals surface area contributed by atoms with Crippen molar-refractivity contribution < 1.29 is 13.9 Å². The zero-order valence-corrected chi connectivity index (χ0v) is 12.3. The van der Waals surface area contributed by atoms with E-state index >= 15 is 0 Å². The molecule has 0 saturated heterocycles. The average Bonchev–Trinajstić information content (AvgIpc) is 2.91. The summed E-state index contributed by atoms with van der Waals surface area (Å²) in [5.41, 5.74) is 1.11. The SMILES string of the molecule is COc1ccc(CCC(=O)NCCc2nnc(C)o2)cc1. The zero-order valence-electron chi connectivity index (χ0n) is 12.3. The van der Waals surface area contributed by atoms with Crippen molar-refractivity contribution in [2.75, 3.05) is 13.7 Å². The molecule has 0 radical (unpaired) electrons. The van der Waals surface area contributed by atoms with Crippen molar-refractivity contribution >= 4 is 5.91 Å². The summed E-state index contributed by atoms with van der Waals surface area (Å²) in [6.07, 6.45) is 1.71. The monoisotopic (exact) mass is 289 g/mol. The highest BCUT2D eigenvalue weighted by atomic mass is 16.5. The minimum absolute atomic E-state index is 0.0158. The molecule has 0 aliphatic heterocycles. The van der Waals surface area contributed by atoms with Crippen LogP contribution in [-0.2, 0) is 17.6 Å². The van der Waals surface area contributed by atoms with Gasteiger partial charge in [0.25, 0.3) is 0 Å². The molecule has 0 atom stereocenters. The second-order valence-electron chi connectivity index (χ2n) is 4.66. The number of amides is 1. The number of carbonyl (C=O) groups is 1. The Morgan fingerprint density at radius 1 is 1.24 bits per heavy atom. The molecule has 1 amide bonds. The van der Waals surface area contributed by atoms with Crippen molar-refractivity contribution in [2.45, 2.75) is 26.2 Å². The van der Waals surface area contributed by atoms with Gasteiger partial charge in [-0.05, 0) is 24.1 Å². The van der Waals surface area contributed by atoms with Gasteiger partial charge in [-0.25, -0.2) is 0 Å². The van der Waals surface area contributed by atoms with Crippen LogP contribution >= 0.6 is 0 Å². The number of hydrogen-bond acceptors (Lipinski definition) is 5. The summed E-state index contributed by atoms with van der Waals surface area (Å²) < 4.78 is 10.3. The van der Waals surface area contributed by atoms with Crippen LogP contribution < -0.4 is 10.1 Å². The molecule has 1 aromatic carbocycles. The van der Waals surface area contributed by atoms with Crippen LogP contribution in [0.3, 0.4) is 0 Å². The minimum Gasteiger partial charge on any atom is -0.497 e. The zero-order chi connectivity index (χ0) is 15.1. The molecule has 0 unspecified atom stereocenters. The van der Waals surface area contributed by atoms with Gasteiger partial charge < -0.3 is 14.5 Å². The molecule has 6 heteroatoms. The van der Waals surface area contributed by atoms with Crippen molar-refractivity contribution in [3.8, 4) is 5.75 Å². The molecule has 0 saturated carbocycles. The molecule has 112 valence electrons. The molecule has 0 fully saturated rings. The van der Waals surface area contributed by atoms with E-state index in [4.69, 9.17) is 9.15 Å². The fourth-order valence-electron chi connectivity index (χ4n) is 1.89. The molecule has 2 rings (SSSR count). The molecule has 6 nitrogen and oxygen atoms in total. The van der Waals surface area contributed by atoms with E-state index in [9.17, 15) is 4.79 Å². The smallest absolute Gasteiger partial charge is 0.220 e. The summed E-state index contributed by atoms with van der Waals surface area (Å²) in [7, 11) is 1.63. The fraction of sp³-hybridized carbons (Fsp3) is 0.400. The molecule has 1 N–H and O–H groups in total. The third kappa shape index (κ3) is 4.91. The number of carbonyl (C=O) groups excluding carboxylic acids is 1. The first-order chi connectivity index (χ1) is 10.2. The first-order valence-electron chi connectivity index (χ1n) is 6.86. The highest BCUT2D eigenvalue weighted by Gasteiger charge is 2.05. The summed E-state index contributed by atoms with van der Waals surface area (Å²) in [6.45, 7) is 2.24. The van der Waals surface area contributed by atoms with Crippen LogP contribution in [0.1, 0.15) is 23.8 Å². The molecule has 21 heavy (non-hydrogen) atoms. The Labute approximate surface area is 123 Å². The highest BCUT2D eigenvalue weighted by Crippen LogP contribution is 2.12. The van der Waals surface area contributed by atoms with Gasteiger partial charge in [-0.2, -0.15) is 0 Å². The molecule has 1 heterocycles. The van der Waals surface area contributed by atoms with Crippen molar-refractivity contribution in [1.29, 1.82) is 0 Å². The van der Waals surface area contributed by atoms with Crippen molar-refractivity contribution in [3.63, 3.8) is 0 Å². The van der Waals surface area contributed by atoms with Crippen LogP contribution in [0.4, 0.5) is 0 Å². The normalized spacial score (nSPS) is 10.4. The highest BCUT2D eigenvalue weighted by molar-refractivity contribution is 5.76. The number of benzene rings is 1. The summed E-state index contributed by atoms with van der Waals surface area (Å²) in [5, 5.41) is 10.4. The number of rotatable bonds is 7. The second kappa shape index (κ2) is 7.42. The minimum atomic E-state index is 0.0158. The number of aromatic nitrogens is 2. The van der Waals surface area contributed by atoms with Gasteiger partial charge in [-0.1, -0.05) is 12.1 Å². The predicted molar refractivity (Wildman–Crippen MR) is 77.1 cm³/mol. The number of methoxy groups -OCH3 is 1. The summed E-state index contributed by atoms with van der Waals surface area (Å²) in [4.78, 5) is 11.7. The van der Waals surface area contributed by atoms with E-state index in [-0.39, 0.29) is 5.91 Å². The Morgan fingerprint density at radius 2 is 2.00 bits per heavy atom. The van der Waals surface area contributed by atoms with Crippen LogP contribution in [-0.4, -0.2) is 29.8 Å². The number of hydrogen-bond donors (Lipinski definition) is 1.